The van der Waals surface area contributed by atoms with Crippen molar-refractivity contribution in [3.05, 3.63) is 0 Å². The van der Waals surface area contributed by atoms with Crippen LogP contribution in [0.4, 0.5) is 0 Å². The first-order chi connectivity index (χ1) is 5.84. The molecular weight excluding hydrogens is 184 g/mol. The van der Waals surface area contributed by atoms with Crippen LogP contribution < -0.4 is 0 Å². The quantitative estimate of drug-likeness (QED) is 0.584. The van der Waals surface area contributed by atoms with Crippen molar-refractivity contribution in [2.75, 3.05) is 6.61 Å². The number of hydrogen-bond acceptors (Lipinski definition) is 3. The van der Waals surface area contributed by atoms with Crippen LogP contribution >= 0.6 is 0 Å². The predicted molar refractivity (Wildman–Crippen MR) is 56.5 cm³/mol. The molecule has 0 aromatic heterocycles. The highest BCUT2D eigenvalue weighted by atomic mass is 28.3. The van der Waals surface area contributed by atoms with E-state index in [0.717, 1.165) is 6.42 Å². The number of hydrogen-bond donors (Lipinski definition) is 3. The molecule has 3 atom stereocenters. The van der Waals surface area contributed by atoms with Crippen LogP contribution in [0.15, 0.2) is 0 Å². The fourth-order valence-corrected chi connectivity index (χ4v) is 4.21. The summed E-state index contributed by atoms with van der Waals surface area (Å²) in [5.41, 5.74) is 0.148. The van der Waals surface area contributed by atoms with Crippen molar-refractivity contribution in [3.63, 3.8) is 0 Å². The second kappa shape index (κ2) is 5.10. The summed E-state index contributed by atoms with van der Waals surface area (Å²) in [6.45, 7) is 8.13. The Morgan fingerprint density at radius 1 is 1.15 bits per heavy atom. The van der Waals surface area contributed by atoms with Crippen molar-refractivity contribution in [3.8, 4) is 0 Å². The summed E-state index contributed by atoms with van der Waals surface area (Å²) in [6.07, 6.45) is -0.910. The summed E-state index contributed by atoms with van der Waals surface area (Å²) in [6, 6.07) is 0. The van der Waals surface area contributed by atoms with E-state index in [2.05, 4.69) is 19.6 Å². The van der Waals surface area contributed by atoms with Crippen LogP contribution in [-0.2, 0) is 0 Å². The zero-order valence-corrected chi connectivity index (χ0v) is 9.99. The van der Waals surface area contributed by atoms with Crippen molar-refractivity contribution < 1.29 is 15.3 Å². The van der Waals surface area contributed by atoms with Gasteiger partial charge in [0.2, 0.25) is 0 Å². The van der Waals surface area contributed by atoms with Crippen molar-refractivity contribution in [2.24, 2.45) is 0 Å². The van der Waals surface area contributed by atoms with Crippen LogP contribution in [0.2, 0.25) is 25.2 Å². The van der Waals surface area contributed by atoms with Crippen molar-refractivity contribution in [1.82, 2.24) is 0 Å². The molecule has 0 heterocycles. The van der Waals surface area contributed by atoms with E-state index in [9.17, 15) is 10.2 Å². The van der Waals surface area contributed by atoms with Gasteiger partial charge in [-0.3, -0.25) is 0 Å². The molecule has 80 valence electrons. The van der Waals surface area contributed by atoms with Crippen LogP contribution in [0, 0.1) is 0 Å². The van der Waals surface area contributed by atoms with Crippen LogP contribution in [0.3, 0.4) is 0 Å². The maximum atomic E-state index is 9.74. The predicted octanol–water partition coefficient (Wildman–Crippen LogP) is 0.819. The van der Waals surface area contributed by atoms with Gasteiger partial charge in [0.15, 0.2) is 0 Å². The lowest BCUT2D eigenvalue weighted by atomic mass is 10.1. The molecule has 0 aliphatic carbocycles. The van der Waals surface area contributed by atoms with Crippen molar-refractivity contribution in [1.29, 1.82) is 0 Å². The van der Waals surface area contributed by atoms with E-state index < -0.39 is 20.3 Å². The zero-order chi connectivity index (χ0) is 10.6. The fourth-order valence-electron chi connectivity index (χ4n) is 1.74. The molecule has 0 spiro atoms. The van der Waals surface area contributed by atoms with E-state index in [0.29, 0.717) is 0 Å². The smallest absolute Gasteiger partial charge is 0.103 e. The van der Waals surface area contributed by atoms with Gasteiger partial charge in [0.25, 0.3) is 0 Å². The number of aliphatic hydroxyl groups excluding tert-OH is 3. The van der Waals surface area contributed by atoms with Gasteiger partial charge in [-0.05, 0) is 5.54 Å². The van der Waals surface area contributed by atoms with Crippen LogP contribution in [0.25, 0.3) is 0 Å². The minimum atomic E-state index is -1.45. The van der Waals surface area contributed by atoms with E-state index in [4.69, 9.17) is 5.11 Å². The zero-order valence-electron chi connectivity index (χ0n) is 8.99. The molecule has 13 heavy (non-hydrogen) atoms. The molecule has 0 saturated carbocycles. The highest BCUT2D eigenvalue weighted by Crippen LogP contribution is 2.30. The van der Waals surface area contributed by atoms with Crippen molar-refractivity contribution in [2.45, 2.75) is 50.7 Å². The van der Waals surface area contributed by atoms with Gasteiger partial charge in [0.05, 0.1) is 20.8 Å². The Labute approximate surface area is 81.4 Å². The fraction of sp³-hybridized carbons (Fsp3) is 1.00. The highest BCUT2D eigenvalue weighted by molar-refractivity contribution is 6.77. The van der Waals surface area contributed by atoms with Crippen molar-refractivity contribution >= 4 is 8.07 Å². The van der Waals surface area contributed by atoms with E-state index in [-0.39, 0.29) is 12.1 Å². The second-order valence-corrected chi connectivity index (χ2v) is 10.1. The average Bonchev–Trinajstić information content (AvgIpc) is 2.01. The molecule has 3 unspecified atom stereocenters. The van der Waals surface area contributed by atoms with Gasteiger partial charge in [-0.2, -0.15) is 0 Å². The molecule has 0 aromatic carbocycles. The van der Waals surface area contributed by atoms with Crippen LogP contribution in [0.5, 0.6) is 0 Å². The van der Waals surface area contributed by atoms with Gasteiger partial charge in [0.1, 0.15) is 6.10 Å². The third-order valence-corrected chi connectivity index (χ3v) is 5.52. The Bertz CT molecular complexity index is 144. The topological polar surface area (TPSA) is 60.7 Å². The second-order valence-electron chi connectivity index (χ2n) is 4.62. The van der Waals surface area contributed by atoms with E-state index in [1.165, 1.54) is 0 Å². The number of rotatable bonds is 5. The summed E-state index contributed by atoms with van der Waals surface area (Å²) in [5.74, 6) is 0. The Balaban J connectivity index is 4.40. The Morgan fingerprint density at radius 3 is 1.85 bits per heavy atom. The Morgan fingerprint density at radius 2 is 1.62 bits per heavy atom. The SMILES string of the molecule is CCC(C(O)C(O)CO)[Si](C)(C)C. The molecule has 0 fully saturated rings. The molecule has 3 N–H and O–H groups in total. The lowest BCUT2D eigenvalue weighted by molar-refractivity contribution is -0.0186. The van der Waals surface area contributed by atoms with Gasteiger partial charge in [-0.25, -0.2) is 0 Å². The van der Waals surface area contributed by atoms with Gasteiger partial charge >= 0.3 is 0 Å². The first kappa shape index (κ1) is 13.1. The molecule has 4 heteroatoms. The van der Waals surface area contributed by atoms with E-state index >= 15 is 0 Å². The third-order valence-electron chi connectivity index (χ3n) is 2.55. The first-order valence-electron chi connectivity index (χ1n) is 4.81. The molecule has 0 bridgehead atoms. The summed E-state index contributed by atoms with van der Waals surface area (Å²) >= 11 is 0. The van der Waals surface area contributed by atoms with Gasteiger partial charge < -0.3 is 15.3 Å². The van der Waals surface area contributed by atoms with E-state index in [1.807, 2.05) is 6.92 Å². The standard InChI is InChI=1S/C9H22O3Si/c1-5-8(13(2,3)4)9(12)7(11)6-10/h7-12H,5-6H2,1-4H3. The van der Waals surface area contributed by atoms with Gasteiger partial charge in [-0.1, -0.05) is 33.0 Å². The lowest BCUT2D eigenvalue weighted by Crippen LogP contribution is -2.43. The summed E-state index contributed by atoms with van der Waals surface area (Å²) < 4.78 is 0. The molecule has 0 aliphatic rings. The molecule has 0 saturated heterocycles. The Hall–Kier alpha value is 0.0969. The summed E-state index contributed by atoms with van der Waals surface area (Å²) in [4.78, 5) is 0. The van der Waals surface area contributed by atoms with E-state index in [1.54, 1.807) is 0 Å². The normalized spacial score (nSPS) is 19.6. The Kier molecular flexibility index (Phi) is 5.13. The summed E-state index contributed by atoms with van der Waals surface area (Å²) in [7, 11) is -1.45. The largest absolute Gasteiger partial charge is 0.394 e. The first-order valence-corrected chi connectivity index (χ1v) is 8.39. The van der Waals surface area contributed by atoms with Gasteiger partial charge in [0, 0.05) is 0 Å². The number of aliphatic hydroxyl groups is 3. The average molecular weight is 206 g/mol. The highest BCUT2D eigenvalue weighted by Gasteiger charge is 2.34. The minimum absolute atomic E-state index is 0.148. The van der Waals surface area contributed by atoms with Crippen LogP contribution in [-0.4, -0.2) is 42.2 Å². The maximum Gasteiger partial charge on any atom is 0.103 e. The molecular formula is C9H22O3Si. The molecule has 0 amide bonds. The minimum Gasteiger partial charge on any atom is -0.394 e. The molecule has 0 rings (SSSR count). The molecule has 0 aromatic rings. The monoisotopic (exact) mass is 206 g/mol. The molecule has 3 nitrogen and oxygen atoms in total. The van der Waals surface area contributed by atoms with Gasteiger partial charge in [-0.15, -0.1) is 0 Å². The molecule has 0 radical (unpaired) electrons. The molecule has 0 aliphatic heterocycles. The lowest BCUT2D eigenvalue weighted by Gasteiger charge is -2.34. The van der Waals surface area contributed by atoms with Crippen LogP contribution in [0.1, 0.15) is 13.3 Å². The summed E-state index contributed by atoms with van der Waals surface area (Å²) in [5, 5.41) is 27.8. The maximum absolute atomic E-state index is 9.74. The third kappa shape index (κ3) is 3.77.